The lowest BCUT2D eigenvalue weighted by Crippen LogP contribution is -2.28. The van der Waals surface area contributed by atoms with Crippen molar-refractivity contribution in [3.8, 4) is 5.75 Å². The number of thioether (sulfide) groups is 1. The van der Waals surface area contributed by atoms with Gasteiger partial charge in [-0.15, -0.1) is 11.8 Å². The van der Waals surface area contributed by atoms with E-state index in [-0.39, 0.29) is 16.2 Å². The molecule has 160 valence electrons. The van der Waals surface area contributed by atoms with Crippen LogP contribution in [0.4, 0.5) is 11.4 Å². The number of nitrogens with zero attached hydrogens (tertiary/aromatic N) is 1. The lowest BCUT2D eigenvalue weighted by atomic mass is 10.1. The van der Waals surface area contributed by atoms with Crippen LogP contribution in [0.25, 0.3) is 0 Å². The first kappa shape index (κ1) is 21.3. The molecule has 1 saturated heterocycles. The third-order valence-electron chi connectivity index (χ3n) is 4.79. The summed E-state index contributed by atoms with van der Waals surface area (Å²) in [7, 11) is -3.66. The summed E-state index contributed by atoms with van der Waals surface area (Å²) in [5.41, 5.74) is 2.10. The molecule has 1 aliphatic heterocycles. The number of hydrogen-bond acceptors (Lipinski definition) is 5. The van der Waals surface area contributed by atoms with E-state index in [0.29, 0.717) is 23.8 Å². The first-order chi connectivity index (χ1) is 15.0. The zero-order valence-corrected chi connectivity index (χ0v) is 18.5. The monoisotopic (exact) mass is 454 g/mol. The van der Waals surface area contributed by atoms with Crippen LogP contribution < -0.4 is 14.4 Å². The van der Waals surface area contributed by atoms with Crippen LogP contribution in [0, 0.1) is 0 Å². The molecule has 0 radical (unpaired) electrons. The van der Waals surface area contributed by atoms with Gasteiger partial charge in [-0.05, 0) is 48.9 Å². The number of amides is 1. The van der Waals surface area contributed by atoms with Crippen LogP contribution in [0.15, 0.2) is 83.8 Å². The molecule has 3 aromatic carbocycles. The topological polar surface area (TPSA) is 75.7 Å². The Kier molecular flexibility index (Phi) is 6.20. The normalized spacial score (nSPS) is 16.4. The molecule has 4 rings (SSSR count). The van der Waals surface area contributed by atoms with Gasteiger partial charge in [0.15, 0.2) is 0 Å². The number of benzene rings is 3. The Bertz CT molecular complexity index is 1170. The van der Waals surface area contributed by atoms with Gasteiger partial charge in [0.05, 0.1) is 22.9 Å². The lowest BCUT2D eigenvalue weighted by molar-refractivity contribution is -0.115. The van der Waals surface area contributed by atoms with E-state index in [1.54, 1.807) is 47.4 Å². The summed E-state index contributed by atoms with van der Waals surface area (Å²) in [6.07, 6.45) is 0. The fourth-order valence-electron chi connectivity index (χ4n) is 3.39. The number of carbonyl (C=O) groups excluding carboxylic acids is 1. The highest BCUT2D eigenvalue weighted by Gasteiger charge is 2.35. The van der Waals surface area contributed by atoms with Gasteiger partial charge in [-0.3, -0.25) is 14.4 Å². The predicted octanol–water partition coefficient (Wildman–Crippen LogP) is 4.66. The van der Waals surface area contributed by atoms with E-state index in [1.807, 2.05) is 43.3 Å². The molecule has 1 fully saturated rings. The fourth-order valence-corrected chi connectivity index (χ4v) is 5.64. The Morgan fingerprint density at radius 2 is 1.68 bits per heavy atom. The maximum absolute atomic E-state index is 12.7. The first-order valence-electron chi connectivity index (χ1n) is 9.83. The zero-order valence-electron chi connectivity index (χ0n) is 16.9. The van der Waals surface area contributed by atoms with Gasteiger partial charge in [0.2, 0.25) is 5.91 Å². The van der Waals surface area contributed by atoms with Crippen molar-refractivity contribution < 1.29 is 17.9 Å². The third kappa shape index (κ3) is 4.55. The lowest BCUT2D eigenvalue weighted by Gasteiger charge is -2.26. The molecule has 3 aromatic rings. The van der Waals surface area contributed by atoms with Crippen molar-refractivity contribution in [2.45, 2.75) is 17.2 Å². The second-order valence-corrected chi connectivity index (χ2v) is 9.62. The summed E-state index contributed by atoms with van der Waals surface area (Å²) < 4.78 is 33.4. The zero-order chi connectivity index (χ0) is 21.8. The molecule has 1 heterocycles. The summed E-state index contributed by atoms with van der Waals surface area (Å²) >= 11 is 1.53. The Labute approximate surface area is 186 Å². The van der Waals surface area contributed by atoms with Crippen molar-refractivity contribution in [3.05, 3.63) is 84.4 Å². The maximum Gasteiger partial charge on any atom is 0.261 e. The molecule has 0 spiro atoms. The Balaban J connectivity index is 1.58. The minimum absolute atomic E-state index is 0.0102. The molecule has 1 aliphatic rings. The van der Waals surface area contributed by atoms with Gasteiger partial charge in [-0.1, -0.05) is 42.5 Å². The van der Waals surface area contributed by atoms with Crippen molar-refractivity contribution in [2.75, 3.05) is 22.0 Å². The fraction of sp³-hybridized carbons (Fsp3) is 0.174. The van der Waals surface area contributed by atoms with E-state index in [9.17, 15) is 13.2 Å². The Morgan fingerprint density at radius 1 is 1.00 bits per heavy atom. The molecule has 0 aliphatic carbocycles. The predicted molar refractivity (Wildman–Crippen MR) is 124 cm³/mol. The van der Waals surface area contributed by atoms with Gasteiger partial charge in [-0.25, -0.2) is 8.42 Å². The van der Waals surface area contributed by atoms with Gasteiger partial charge in [0.25, 0.3) is 10.0 Å². The molecule has 0 bridgehead atoms. The summed E-state index contributed by atoms with van der Waals surface area (Å²) in [4.78, 5) is 14.6. The highest BCUT2D eigenvalue weighted by atomic mass is 32.2. The number of nitrogens with one attached hydrogen (secondary N) is 1. The quantitative estimate of drug-likeness (QED) is 0.562. The molecule has 0 aromatic heterocycles. The van der Waals surface area contributed by atoms with Crippen molar-refractivity contribution in [1.29, 1.82) is 0 Å². The van der Waals surface area contributed by atoms with Crippen molar-refractivity contribution in [3.63, 3.8) is 0 Å². The van der Waals surface area contributed by atoms with Gasteiger partial charge in [-0.2, -0.15) is 0 Å². The summed E-state index contributed by atoms with van der Waals surface area (Å²) in [6.45, 7) is 2.41. The largest absolute Gasteiger partial charge is 0.492 e. The highest BCUT2D eigenvalue weighted by molar-refractivity contribution is 8.00. The van der Waals surface area contributed by atoms with Crippen LogP contribution in [0.1, 0.15) is 17.9 Å². The molecule has 8 heteroatoms. The van der Waals surface area contributed by atoms with Crippen LogP contribution in [0.2, 0.25) is 0 Å². The molecule has 1 atom stereocenters. The van der Waals surface area contributed by atoms with Crippen LogP contribution in [-0.4, -0.2) is 26.7 Å². The number of carbonyl (C=O) groups is 1. The third-order valence-corrected chi connectivity index (χ3v) is 7.40. The van der Waals surface area contributed by atoms with E-state index in [4.69, 9.17) is 4.74 Å². The minimum Gasteiger partial charge on any atom is -0.492 e. The number of rotatable bonds is 7. The van der Waals surface area contributed by atoms with Gasteiger partial charge >= 0.3 is 0 Å². The SMILES string of the molecule is CCOc1ccccc1N1C(=O)CSC1c1ccc(NS(=O)(=O)c2ccccc2)cc1. The number of para-hydroxylation sites is 2. The standard InChI is InChI=1S/C23H22N2O4S2/c1-2-29-21-11-7-6-10-20(21)25-22(26)16-30-23(25)17-12-14-18(15-13-17)24-31(27,28)19-8-4-3-5-9-19/h3-15,23-24H,2,16H2,1H3. The van der Waals surface area contributed by atoms with Crippen molar-refractivity contribution in [1.82, 2.24) is 0 Å². The maximum atomic E-state index is 12.7. The molecule has 1 amide bonds. The molecule has 0 saturated carbocycles. The van der Waals surface area contributed by atoms with Crippen LogP contribution in [-0.2, 0) is 14.8 Å². The van der Waals surface area contributed by atoms with Crippen molar-refractivity contribution in [2.24, 2.45) is 0 Å². The van der Waals surface area contributed by atoms with Crippen LogP contribution >= 0.6 is 11.8 Å². The number of anilines is 2. The smallest absolute Gasteiger partial charge is 0.261 e. The van der Waals surface area contributed by atoms with Crippen LogP contribution in [0.3, 0.4) is 0 Å². The molecule has 1 unspecified atom stereocenters. The minimum atomic E-state index is -3.66. The van der Waals surface area contributed by atoms with Crippen molar-refractivity contribution >= 4 is 39.1 Å². The van der Waals surface area contributed by atoms with E-state index < -0.39 is 10.0 Å². The second kappa shape index (κ2) is 9.03. The Morgan fingerprint density at radius 3 is 2.39 bits per heavy atom. The van der Waals surface area contributed by atoms with Gasteiger partial charge in [0, 0.05) is 5.69 Å². The molecule has 31 heavy (non-hydrogen) atoms. The average molecular weight is 455 g/mol. The molecule has 6 nitrogen and oxygen atoms in total. The first-order valence-corrected chi connectivity index (χ1v) is 12.4. The Hall–Kier alpha value is -2.97. The van der Waals surface area contributed by atoms with Gasteiger partial charge < -0.3 is 4.74 Å². The molecular formula is C23H22N2O4S2. The summed E-state index contributed by atoms with van der Waals surface area (Å²) in [5.74, 6) is 1.04. The van der Waals surface area contributed by atoms with Gasteiger partial charge in [0.1, 0.15) is 11.1 Å². The van der Waals surface area contributed by atoms with E-state index in [1.165, 1.54) is 11.8 Å². The molecule has 1 N–H and O–H groups in total. The van der Waals surface area contributed by atoms with Crippen LogP contribution in [0.5, 0.6) is 5.75 Å². The second-order valence-electron chi connectivity index (χ2n) is 6.87. The van der Waals surface area contributed by atoms with E-state index in [0.717, 1.165) is 11.3 Å². The average Bonchev–Trinajstić information content (AvgIpc) is 3.16. The number of hydrogen-bond donors (Lipinski definition) is 1. The number of sulfonamides is 1. The summed E-state index contributed by atoms with van der Waals surface area (Å²) in [5, 5.41) is -0.214. The number of ether oxygens (including phenoxy) is 1. The van der Waals surface area contributed by atoms with E-state index >= 15 is 0 Å². The summed E-state index contributed by atoms with van der Waals surface area (Å²) in [6, 6.07) is 22.8. The van der Waals surface area contributed by atoms with E-state index in [2.05, 4.69) is 4.72 Å². The highest BCUT2D eigenvalue weighted by Crippen LogP contribution is 2.44. The molecular weight excluding hydrogens is 432 g/mol.